The molecule has 0 amide bonds. The van der Waals surface area contributed by atoms with Crippen LogP contribution in [-0.2, 0) is 9.53 Å². The van der Waals surface area contributed by atoms with Crippen molar-refractivity contribution in [2.45, 2.75) is 38.1 Å². The number of nitrogens with two attached hydrogens (primary N) is 1. The van der Waals surface area contributed by atoms with Crippen LogP contribution in [0.25, 0.3) is 0 Å². The number of rotatable bonds is 5. The molecule has 1 rings (SSSR count). The first-order valence-electron chi connectivity index (χ1n) is 5.27. The molecule has 1 fully saturated rings. The lowest BCUT2D eigenvalue weighted by Gasteiger charge is -2.13. The van der Waals surface area contributed by atoms with Gasteiger partial charge in [-0.3, -0.25) is 4.79 Å². The fraction of sp³-hybridized carbons (Fsp3) is 0.900. The average molecular weight is 201 g/mol. The van der Waals surface area contributed by atoms with E-state index in [0.29, 0.717) is 12.5 Å². The van der Waals surface area contributed by atoms with E-state index in [4.69, 9.17) is 15.6 Å². The Morgan fingerprint density at radius 3 is 2.71 bits per heavy atom. The van der Waals surface area contributed by atoms with E-state index in [-0.39, 0.29) is 19.0 Å². The van der Waals surface area contributed by atoms with E-state index in [1.54, 1.807) is 0 Å². The second-order valence-electron chi connectivity index (χ2n) is 3.90. The predicted molar refractivity (Wildman–Crippen MR) is 52.6 cm³/mol. The highest BCUT2D eigenvalue weighted by Gasteiger charge is 2.19. The minimum Gasteiger partial charge on any atom is -0.464 e. The molecule has 0 heterocycles. The van der Waals surface area contributed by atoms with Crippen molar-refractivity contribution in [1.82, 2.24) is 0 Å². The molecule has 1 atom stereocenters. The number of hydrogen-bond acceptors (Lipinski definition) is 4. The van der Waals surface area contributed by atoms with Crippen molar-refractivity contribution in [3.05, 3.63) is 0 Å². The van der Waals surface area contributed by atoms with Gasteiger partial charge >= 0.3 is 5.97 Å². The molecular weight excluding hydrogens is 182 g/mol. The van der Waals surface area contributed by atoms with Crippen LogP contribution < -0.4 is 5.73 Å². The van der Waals surface area contributed by atoms with Crippen LogP contribution in [0.15, 0.2) is 0 Å². The number of esters is 1. The predicted octanol–water partition coefficient (Wildman–Crippen LogP) is 0.429. The summed E-state index contributed by atoms with van der Waals surface area (Å²) in [7, 11) is 0. The summed E-state index contributed by atoms with van der Waals surface area (Å²) in [6.45, 7) is 0.428. The zero-order chi connectivity index (χ0) is 10.4. The maximum Gasteiger partial charge on any atom is 0.323 e. The Bertz CT molecular complexity index is 178. The third kappa shape index (κ3) is 3.64. The van der Waals surface area contributed by atoms with Crippen molar-refractivity contribution in [1.29, 1.82) is 0 Å². The summed E-state index contributed by atoms with van der Waals surface area (Å²) in [5.41, 5.74) is 5.48. The molecular formula is C10H19NO3. The van der Waals surface area contributed by atoms with Crippen LogP contribution in [0, 0.1) is 5.92 Å². The Morgan fingerprint density at radius 1 is 1.50 bits per heavy atom. The third-order valence-corrected chi connectivity index (χ3v) is 2.68. The highest BCUT2D eigenvalue weighted by atomic mass is 16.5. The summed E-state index contributed by atoms with van der Waals surface area (Å²) < 4.78 is 5.07. The average Bonchev–Trinajstić information content (AvgIpc) is 2.67. The van der Waals surface area contributed by atoms with Crippen LogP contribution in [0.2, 0.25) is 0 Å². The SMILES string of the molecule is NC(CCO)C(=O)OCC1CCCC1. The van der Waals surface area contributed by atoms with Gasteiger partial charge in [0.05, 0.1) is 6.61 Å². The monoisotopic (exact) mass is 201 g/mol. The Morgan fingerprint density at radius 2 is 2.14 bits per heavy atom. The number of aliphatic hydroxyl groups is 1. The molecule has 0 aromatic heterocycles. The molecule has 1 aliphatic carbocycles. The Hall–Kier alpha value is -0.610. The maximum absolute atomic E-state index is 11.2. The lowest BCUT2D eigenvalue weighted by atomic mass is 10.1. The van der Waals surface area contributed by atoms with E-state index >= 15 is 0 Å². The van der Waals surface area contributed by atoms with Gasteiger partial charge in [0.15, 0.2) is 0 Å². The fourth-order valence-corrected chi connectivity index (χ4v) is 1.74. The summed E-state index contributed by atoms with van der Waals surface area (Å²) >= 11 is 0. The van der Waals surface area contributed by atoms with E-state index < -0.39 is 6.04 Å². The Kier molecular flexibility index (Phi) is 4.90. The molecule has 3 N–H and O–H groups in total. The summed E-state index contributed by atoms with van der Waals surface area (Å²) in [5, 5.41) is 8.58. The smallest absolute Gasteiger partial charge is 0.323 e. The van der Waals surface area contributed by atoms with E-state index in [0.717, 1.165) is 12.8 Å². The second kappa shape index (κ2) is 5.98. The van der Waals surface area contributed by atoms with Crippen molar-refractivity contribution in [2.75, 3.05) is 13.2 Å². The molecule has 0 saturated heterocycles. The first-order chi connectivity index (χ1) is 6.74. The molecule has 14 heavy (non-hydrogen) atoms. The van der Waals surface area contributed by atoms with Crippen LogP contribution in [0.5, 0.6) is 0 Å². The number of hydrogen-bond donors (Lipinski definition) is 2. The molecule has 82 valence electrons. The van der Waals surface area contributed by atoms with Gasteiger partial charge in [0.25, 0.3) is 0 Å². The minimum atomic E-state index is -0.665. The summed E-state index contributed by atoms with van der Waals surface area (Å²) in [4.78, 5) is 11.2. The molecule has 0 aromatic carbocycles. The van der Waals surface area contributed by atoms with Crippen molar-refractivity contribution < 1.29 is 14.6 Å². The number of carbonyl (C=O) groups is 1. The van der Waals surface area contributed by atoms with Gasteiger partial charge in [0.2, 0.25) is 0 Å². The highest BCUT2D eigenvalue weighted by Crippen LogP contribution is 2.24. The first-order valence-corrected chi connectivity index (χ1v) is 5.27. The highest BCUT2D eigenvalue weighted by molar-refractivity contribution is 5.75. The number of ether oxygens (including phenoxy) is 1. The largest absolute Gasteiger partial charge is 0.464 e. The molecule has 0 aromatic rings. The minimum absolute atomic E-state index is 0.0697. The van der Waals surface area contributed by atoms with Crippen LogP contribution in [0.4, 0.5) is 0 Å². The molecule has 0 bridgehead atoms. The van der Waals surface area contributed by atoms with Gasteiger partial charge in [-0.2, -0.15) is 0 Å². The van der Waals surface area contributed by atoms with Crippen LogP contribution in [0.3, 0.4) is 0 Å². The van der Waals surface area contributed by atoms with Crippen molar-refractivity contribution in [3.63, 3.8) is 0 Å². The standard InChI is InChI=1S/C10H19NO3/c11-9(5-6-12)10(13)14-7-8-3-1-2-4-8/h8-9,12H,1-7,11H2. The third-order valence-electron chi connectivity index (χ3n) is 2.68. The second-order valence-corrected chi connectivity index (χ2v) is 3.90. The quantitative estimate of drug-likeness (QED) is 0.633. The zero-order valence-corrected chi connectivity index (χ0v) is 8.45. The summed E-state index contributed by atoms with van der Waals surface area (Å²) in [5.74, 6) is 0.145. The molecule has 1 aliphatic rings. The maximum atomic E-state index is 11.2. The summed E-state index contributed by atoms with van der Waals surface area (Å²) in [6.07, 6.45) is 5.07. The molecule has 4 nitrogen and oxygen atoms in total. The normalized spacial score (nSPS) is 19.6. The lowest BCUT2D eigenvalue weighted by Crippen LogP contribution is -2.34. The molecule has 4 heteroatoms. The van der Waals surface area contributed by atoms with Gasteiger partial charge in [-0.1, -0.05) is 12.8 Å². The van der Waals surface area contributed by atoms with E-state index in [1.807, 2.05) is 0 Å². The molecule has 1 unspecified atom stereocenters. The molecule has 0 spiro atoms. The summed E-state index contributed by atoms with van der Waals surface area (Å²) in [6, 6.07) is -0.665. The van der Waals surface area contributed by atoms with Crippen molar-refractivity contribution >= 4 is 5.97 Å². The van der Waals surface area contributed by atoms with Gasteiger partial charge in [-0.15, -0.1) is 0 Å². The van der Waals surface area contributed by atoms with Crippen molar-refractivity contribution in [3.8, 4) is 0 Å². The molecule has 0 aliphatic heterocycles. The molecule has 1 saturated carbocycles. The number of aliphatic hydroxyl groups excluding tert-OH is 1. The van der Waals surface area contributed by atoms with Crippen molar-refractivity contribution in [2.24, 2.45) is 11.7 Å². The topological polar surface area (TPSA) is 72.5 Å². The number of carbonyl (C=O) groups excluding carboxylic acids is 1. The van der Waals surface area contributed by atoms with Crippen LogP contribution >= 0.6 is 0 Å². The van der Waals surface area contributed by atoms with Gasteiger partial charge < -0.3 is 15.6 Å². The van der Waals surface area contributed by atoms with Gasteiger partial charge in [0, 0.05) is 6.61 Å². The van der Waals surface area contributed by atoms with E-state index in [2.05, 4.69) is 0 Å². The van der Waals surface area contributed by atoms with Gasteiger partial charge in [-0.25, -0.2) is 0 Å². The lowest BCUT2D eigenvalue weighted by molar-refractivity contribution is -0.146. The fourth-order valence-electron chi connectivity index (χ4n) is 1.74. The van der Waals surface area contributed by atoms with Crippen LogP contribution in [-0.4, -0.2) is 30.3 Å². The Balaban J connectivity index is 2.13. The first kappa shape index (κ1) is 11.5. The zero-order valence-electron chi connectivity index (χ0n) is 8.45. The van der Waals surface area contributed by atoms with E-state index in [9.17, 15) is 4.79 Å². The Labute approximate surface area is 84.4 Å². The molecule has 0 radical (unpaired) electrons. The van der Waals surface area contributed by atoms with E-state index in [1.165, 1.54) is 12.8 Å². The van der Waals surface area contributed by atoms with Gasteiger partial charge in [-0.05, 0) is 25.2 Å². The van der Waals surface area contributed by atoms with Gasteiger partial charge in [0.1, 0.15) is 6.04 Å². The van der Waals surface area contributed by atoms with Crippen LogP contribution in [0.1, 0.15) is 32.1 Å².